The van der Waals surface area contributed by atoms with Crippen molar-refractivity contribution in [3.8, 4) is 0 Å². The summed E-state index contributed by atoms with van der Waals surface area (Å²) in [5, 5.41) is 13.9. The van der Waals surface area contributed by atoms with E-state index in [1.165, 1.54) is 18.1 Å². The van der Waals surface area contributed by atoms with Gasteiger partial charge in [-0.2, -0.15) is 0 Å². The van der Waals surface area contributed by atoms with Crippen molar-refractivity contribution < 1.29 is 19.1 Å². The highest BCUT2D eigenvalue weighted by molar-refractivity contribution is 5.91. The van der Waals surface area contributed by atoms with Crippen molar-refractivity contribution in [2.24, 2.45) is 0 Å². The highest BCUT2D eigenvalue weighted by Crippen LogP contribution is 2.19. The average Bonchev–Trinajstić information content (AvgIpc) is 2.91. The predicted molar refractivity (Wildman–Crippen MR) is 76.9 cm³/mol. The Morgan fingerprint density at radius 2 is 2.14 bits per heavy atom. The van der Waals surface area contributed by atoms with Crippen molar-refractivity contribution in [2.45, 2.75) is 25.7 Å². The van der Waals surface area contributed by atoms with Crippen LogP contribution >= 0.6 is 0 Å². The van der Waals surface area contributed by atoms with Crippen LogP contribution in [0.1, 0.15) is 36.0 Å². The quantitative estimate of drug-likeness (QED) is 0.729. The van der Waals surface area contributed by atoms with Crippen LogP contribution in [-0.2, 0) is 0 Å². The first-order chi connectivity index (χ1) is 10.1. The molecule has 0 spiro atoms. The van der Waals surface area contributed by atoms with Gasteiger partial charge in [0.05, 0.1) is 5.56 Å². The molecular weight excluding hydrogens is 275 g/mol. The van der Waals surface area contributed by atoms with E-state index in [-0.39, 0.29) is 5.69 Å². The van der Waals surface area contributed by atoms with E-state index < -0.39 is 23.4 Å². The van der Waals surface area contributed by atoms with Crippen LogP contribution < -0.4 is 10.6 Å². The van der Waals surface area contributed by atoms with Gasteiger partial charge in [0.1, 0.15) is 5.82 Å². The number of allylic oxidation sites excluding steroid dienone is 1. The zero-order valence-electron chi connectivity index (χ0n) is 11.5. The molecule has 6 heteroatoms. The standard InChI is InChI=1S/C15H17FN2O3/c16-13-9-11(5-6-12(13)14(19)20)18-15(21)17-8-7-10-3-1-2-4-10/h3,5-6,9H,1-2,4,7-8H2,(H,19,20)(H2,17,18,21). The first-order valence-electron chi connectivity index (χ1n) is 6.82. The second-order valence-corrected chi connectivity index (χ2v) is 4.89. The third-order valence-electron chi connectivity index (χ3n) is 3.32. The Hall–Kier alpha value is -2.37. The molecule has 1 aromatic rings. The molecule has 2 amide bonds. The second-order valence-electron chi connectivity index (χ2n) is 4.89. The molecule has 1 aliphatic rings. The van der Waals surface area contributed by atoms with Crippen molar-refractivity contribution >= 4 is 17.7 Å². The smallest absolute Gasteiger partial charge is 0.338 e. The third kappa shape index (κ3) is 4.30. The van der Waals surface area contributed by atoms with E-state index in [9.17, 15) is 14.0 Å². The Kier molecular flexibility index (Phi) is 4.92. The number of urea groups is 1. The normalized spacial score (nSPS) is 13.7. The molecule has 0 unspecified atom stereocenters. The number of carboxylic acid groups (broad SMARTS) is 1. The van der Waals surface area contributed by atoms with Crippen LogP contribution in [0.4, 0.5) is 14.9 Å². The van der Waals surface area contributed by atoms with E-state index in [2.05, 4.69) is 16.7 Å². The number of carboxylic acids is 1. The topological polar surface area (TPSA) is 78.4 Å². The molecule has 0 fully saturated rings. The number of hydrogen-bond acceptors (Lipinski definition) is 2. The zero-order chi connectivity index (χ0) is 15.2. The molecule has 0 saturated heterocycles. The molecule has 1 aliphatic carbocycles. The van der Waals surface area contributed by atoms with Crippen molar-refractivity contribution in [1.82, 2.24) is 5.32 Å². The fraction of sp³-hybridized carbons (Fsp3) is 0.333. The maximum absolute atomic E-state index is 13.4. The van der Waals surface area contributed by atoms with Crippen molar-refractivity contribution in [3.63, 3.8) is 0 Å². The van der Waals surface area contributed by atoms with Crippen molar-refractivity contribution in [2.75, 3.05) is 11.9 Å². The minimum Gasteiger partial charge on any atom is -0.478 e. The first-order valence-corrected chi connectivity index (χ1v) is 6.82. The molecule has 0 atom stereocenters. The van der Waals surface area contributed by atoms with Crippen LogP contribution in [0.5, 0.6) is 0 Å². The predicted octanol–water partition coefficient (Wildman–Crippen LogP) is 3.15. The largest absolute Gasteiger partial charge is 0.478 e. The molecular formula is C15H17FN2O3. The van der Waals surface area contributed by atoms with Gasteiger partial charge in [0.25, 0.3) is 0 Å². The van der Waals surface area contributed by atoms with Gasteiger partial charge in [-0.15, -0.1) is 0 Å². The Morgan fingerprint density at radius 1 is 1.33 bits per heavy atom. The van der Waals surface area contributed by atoms with E-state index in [1.54, 1.807) is 0 Å². The summed E-state index contributed by atoms with van der Waals surface area (Å²) in [7, 11) is 0. The molecule has 0 heterocycles. The molecule has 0 aliphatic heterocycles. The second kappa shape index (κ2) is 6.88. The highest BCUT2D eigenvalue weighted by atomic mass is 19.1. The summed E-state index contributed by atoms with van der Waals surface area (Å²) < 4.78 is 13.4. The molecule has 5 nitrogen and oxygen atoms in total. The van der Waals surface area contributed by atoms with Gasteiger partial charge < -0.3 is 15.7 Å². The van der Waals surface area contributed by atoms with Crippen LogP contribution in [0.3, 0.4) is 0 Å². The Bertz CT molecular complexity index is 584. The lowest BCUT2D eigenvalue weighted by Crippen LogP contribution is -2.29. The number of amides is 2. The number of anilines is 1. The van der Waals surface area contributed by atoms with Gasteiger partial charge in [0.2, 0.25) is 0 Å². The van der Waals surface area contributed by atoms with Gasteiger partial charge in [-0.25, -0.2) is 14.0 Å². The Labute approximate surface area is 121 Å². The average molecular weight is 292 g/mol. The summed E-state index contributed by atoms with van der Waals surface area (Å²) >= 11 is 0. The molecule has 2 rings (SSSR count). The van der Waals surface area contributed by atoms with E-state index in [0.717, 1.165) is 31.4 Å². The van der Waals surface area contributed by atoms with Crippen LogP contribution in [0.25, 0.3) is 0 Å². The number of nitrogens with one attached hydrogen (secondary N) is 2. The fourth-order valence-electron chi connectivity index (χ4n) is 2.24. The summed E-state index contributed by atoms with van der Waals surface area (Å²) in [4.78, 5) is 22.3. The Morgan fingerprint density at radius 3 is 2.76 bits per heavy atom. The maximum atomic E-state index is 13.4. The number of aromatic carboxylic acids is 1. The molecule has 0 bridgehead atoms. The number of carbonyl (C=O) groups is 2. The van der Waals surface area contributed by atoms with Crippen LogP contribution in [0, 0.1) is 5.82 Å². The molecule has 21 heavy (non-hydrogen) atoms. The SMILES string of the molecule is O=C(NCCC1=CCCC1)Nc1ccc(C(=O)O)c(F)c1. The minimum absolute atomic E-state index is 0.218. The van der Waals surface area contributed by atoms with E-state index in [1.807, 2.05) is 0 Å². The van der Waals surface area contributed by atoms with Gasteiger partial charge in [-0.1, -0.05) is 11.6 Å². The van der Waals surface area contributed by atoms with Crippen molar-refractivity contribution in [1.29, 1.82) is 0 Å². The summed E-state index contributed by atoms with van der Waals surface area (Å²) in [5.74, 6) is -2.22. The van der Waals surface area contributed by atoms with Gasteiger partial charge in [-0.3, -0.25) is 0 Å². The molecule has 0 aromatic heterocycles. The van der Waals surface area contributed by atoms with Crippen LogP contribution in [0.15, 0.2) is 29.8 Å². The van der Waals surface area contributed by atoms with Gasteiger partial charge >= 0.3 is 12.0 Å². The number of halogens is 1. The summed E-state index contributed by atoms with van der Waals surface area (Å²) in [6.07, 6.45) is 6.39. The fourth-order valence-corrected chi connectivity index (χ4v) is 2.24. The molecule has 0 radical (unpaired) electrons. The number of rotatable bonds is 5. The maximum Gasteiger partial charge on any atom is 0.338 e. The summed E-state index contributed by atoms with van der Waals surface area (Å²) in [6.45, 7) is 0.521. The van der Waals surface area contributed by atoms with Gasteiger partial charge in [0.15, 0.2) is 0 Å². The molecule has 1 aromatic carbocycles. The molecule has 3 N–H and O–H groups in total. The molecule has 0 saturated carbocycles. The lowest BCUT2D eigenvalue weighted by Gasteiger charge is -2.08. The van der Waals surface area contributed by atoms with E-state index >= 15 is 0 Å². The first kappa shape index (κ1) is 15.0. The minimum atomic E-state index is -1.34. The highest BCUT2D eigenvalue weighted by Gasteiger charge is 2.11. The monoisotopic (exact) mass is 292 g/mol. The zero-order valence-corrected chi connectivity index (χ0v) is 11.5. The lowest BCUT2D eigenvalue weighted by molar-refractivity contribution is 0.0692. The van der Waals surface area contributed by atoms with E-state index in [0.29, 0.717) is 6.54 Å². The van der Waals surface area contributed by atoms with Crippen LogP contribution in [0.2, 0.25) is 0 Å². The van der Waals surface area contributed by atoms with E-state index in [4.69, 9.17) is 5.11 Å². The van der Waals surface area contributed by atoms with Gasteiger partial charge in [0, 0.05) is 12.2 Å². The molecule has 112 valence electrons. The number of benzene rings is 1. The number of carbonyl (C=O) groups excluding carboxylic acids is 1. The summed E-state index contributed by atoms with van der Waals surface area (Å²) in [5.41, 5.74) is 1.15. The summed E-state index contributed by atoms with van der Waals surface area (Å²) in [6, 6.07) is 3.03. The Balaban J connectivity index is 1.82. The number of hydrogen-bond donors (Lipinski definition) is 3. The van der Waals surface area contributed by atoms with Crippen LogP contribution in [-0.4, -0.2) is 23.7 Å². The van der Waals surface area contributed by atoms with Crippen molar-refractivity contribution in [3.05, 3.63) is 41.2 Å². The lowest BCUT2D eigenvalue weighted by atomic mass is 10.2. The third-order valence-corrected chi connectivity index (χ3v) is 3.32. The van der Waals surface area contributed by atoms with Gasteiger partial charge in [-0.05, 0) is 43.9 Å².